The summed E-state index contributed by atoms with van der Waals surface area (Å²) in [6.45, 7) is 1.56. The molecule has 1 saturated carbocycles. The van der Waals surface area contributed by atoms with E-state index >= 15 is 0 Å². The Balaban J connectivity index is 1.23. The van der Waals surface area contributed by atoms with Gasteiger partial charge in [-0.3, -0.25) is 4.79 Å². The number of carbonyl (C=O) groups excluding carboxylic acids is 1. The van der Waals surface area contributed by atoms with Crippen LogP contribution >= 0.6 is 0 Å². The standard InChI is InChI=1S/C22H24N4O2/c27-22(18-7-9-19(10-8-18)25-11-1-2-12-25)26-13-3-4-16(15-26)14-20-23-21(24-28-20)17-5-6-17/h1-2,7-12,16-17H,3-6,13-15H2/t16-/m1/s1. The first-order valence-electron chi connectivity index (χ1n) is 10.1. The van der Waals surface area contributed by atoms with Gasteiger partial charge >= 0.3 is 0 Å². The topological polar surface area (TPSA) is 64.2 Å². The molecule has 0 spiro atoms. The second kappa shape index (κ2) is 7.26. The van der Waals surface area contributed by atoms with Crippen molar-refractivity contribution >= 4 is 5.91 Å². The van der Waals surface area contributed by atoms with Crippen molar-refractivity contribution in [2.75, 3.05) is 13.1 Å². The maximum atomic E-state index is 13.0. The molecule has 6 nitrogen and oxygen atoms in total. The van der Waals surface area contributed by atoms with E-state index in [4.69, 9.17) is 4.52 Å². The van der Waals surface area contributed by atoms with E-state index in [1.54, 1.807) is 0 Å². The summed E-state index contributed by atoms with van der Waals surface area (Å²) in [5.74, 6) is 2.58. The van der Waals surface area contributed by atoms with Gasteiger partial charge in [-0.25, -0.2) is 0 Å². The van der Waals surface area contributed by atoms with E-state index in [-0.39, 0.29) is 5.91 Å². The van der Waals surface area contributed by atoms with Crippen LogP contribution in [0.15, 0.2) is 53.3 Å². The fourth-order valence-corrected chi connectivity index (χ4v) is 3.99. The Morgan fingerprint density at radius 2 is 1.89 bits per heavy atom. The molecule has 1 saturated heterocycles. The Bertz CT molecular complexity index is 941. The highest BCUT2D eigenvalue weighted by molar-refractivity contribution is 5.94. The van der Waals surface area contributed by atoms with E-state index in [1.165, 1.54) is 12.8 Å². The smallest absolute Gasteiger partial charge is 0.253 e. The number of amides is 1. The molecule has 3 heterocycles. The number of carbonyl (C=O) groups is 1. The number of hydrogen-bond donors (Lipinski definition) is 0. The van der Waals surface area contributed by atoms with Gasteiger partial charge < -0.3 is 14.0 Å². The fraction of sp³-hybridized carbons (Fsp3) is 0.409. The molecule has 0 unspecified atom stereocenters. The first kappa shape index (κ1) is 17.2. The van der Waals surface area contributed by atoms with E-state index in [0.29, 0.717) is 11.8 Å². The monoisotopic (exact) mass is 376 g/mol. The Kier molecular flexibility index (Phi) is 4.47. The molecule has 1 atom stereocenters. The fourth-order valence-electron chi connectivity index (χ4n) is 3.99. The number of nitrogens with zero attached hydrogens (tertiary/aromatic N) is 4. The molecule has 0 radical (unpaired) electrons. The van der Waals surface area contributed by atoms with Crippen LogP contribution in [0, 0.1) is 5.92 Å². The van der Waals surface area contributed by atoms with Crippen LogP contribution in [-0.2, 0) is 6.42 Å². The van der Waals surface area contributed by atoms with Crippen LogP contribution in [0.5, 0.6) is 0 Å². The average molecular weight is 376 g/mol. The van der Waals surface area contributed by atoms with Crippen LogP contribution in [0.25, 0.3) is 5.69 Å². The summed E-state index contributed by atoms with van der Waals surface area (Å²) in [6.07, 6.45) is 9.22. The highest BCUT2D eigenvalue weighted by Crippen LogP contribution is 2.38. The lowest BCUT2D eigenvalue weighted by molar-refractivity contribution is 0.0668. The Labute approximate surface area is 164 Å². The van der Waals surface area contributed by atoms with Crippen molar-refractivity contribution < 1.29 is 9.32 Å². The molecule has 1 aliphatic carbocycles. The van der Waals surface area contributed by atoms with E-state index < -0.39 is 0 Å². The van der Waals surface area contributed by atoms with Gasteiger partial charge in [0.1, 0.15) is 0 Å². The normalized spacial score (nSPS) is 19.7. The van der Waals surface area contributed by atoms with Gasteiger partial charge in [0.2, 0.25) is 5.89 Å². The highest BCUT2D eigenvalue weighted by Gasteiger charge is 2.30. The third kappa shape index (κ3) is 3.59. The van der Waals surface area contributed by atoms with Gasteiger partial charge in [-0.2, -0.15) is 4.98 Å². The van der Waals surface area contributed by atoms with Crippen LogP contribution in [0.3, 0.4) is 0 Å². The molecule has 5 rings (SSSR count). The number of benzene rings is 1. The van der Waals surface area contributed by atoms with Crippen molar-refractivity contribution in [3.05, 3.63) is 66.1 Å². The van der Waals surface area contributed by atoms with Crippen molar-refractivity contribution in [3.63, 3.8) is 0 Å². The molecule has 0 bridgehead atoms. The van der Waals surface area contributed by atoms with Crippen LogP contribution in [0.4, 0.5) is 0 Å². The second-order valence-corrected chi connectivity index (χ2v) is 7.92. The Hall–Kier alpha value is -2.89. The van der Waals surface area contributed by atoms with Crippen molar-refractivity contribution in [2.45, 2.75) is 38.0 Å². The molecule has 1 aromatic carbocycles. The number of likely N-dealkylation sites (tertiary alicyclic amines) is 1. The zero-order valence-electron chi connectivity index (χ0n) is 15.8. The van der Waals surface area contributed by atoms with Gasteiger partial charge in [-0.05, 0) is 68.0 Å². The van der Waals surface area contributed by atoms with Crippen LogP contribution in [-0.4, -0.2) is 38.6 Å². The van der Waals surface area contributed by atoms with Gasteiger partial charge in [-0.1, -0.05) is 5.16 Å². The zero-order chi connectivity index (χ0) is 18.9. The molecule has 2 fully saturated rings. The van der Waals surface area contributed by atoms with E-state index in [2.05, 4.69) is 10.1 Å². The van der Waals surface area contributed by atoms with Gasteiger partial charge in [-0.15, -0.1) is 0 Å². The molecular weight excluding hydrogens is 352 g/mol. The largest absolute Gasteiger partial charge is 0.339 e. The van der Waals surface area contributed by atoms with Crippen molar-refractivity contribution in [2.24, 2.45) is 5.92 Å². The first-order chi connectivity index (χ1) is 13.8. The molecule has 1 amide bonds. The number of rotatable bonds is 5. The maximum absolute atomic E-state index is 13.0. The van der Waals surface area contributed by atoms with Gasteiger partial charge in [0.25, 0.3) is 5.91 Å². The number of hydrogen-bond acceptors (Lipinski definition) is 4. The summed E-state index contributed by atoms with van der Waals surface area (Å²) in [6, 6.07) is 11.8. The van der Waals surface area contributed by atoms with E-state index in [1.807, 2.05) is 58.3 Å². The Morgan fingerprint density at radius 3 is 2.64 bits per heavy atom. The lowest BCUT2D eigenvalue weighted by Gasteiger charge is -2.32. The molecule has 2 aliphatic rings. The quantitative estimate of drug-likeness (QED) is 0.679. The number of piperidine rings is 1. The third-order valence-electron chi connectivity index (χ3n) is 5.71. The first-order valence-corrected chi connectivity index (χ1v) is 10.1. The average Bonchev–Trinajstić information content (AvgIpc) is 3.24. The molecule has 0 N–H and O–H groups in total. The molecule has 144 valence electrons. The maximum Gasteiger partial charge on any atom is 0.253 e. The van der Waals surface area contributed by atoms with Gasteiger partial charge in [0.05, 0.1) is 0 Å². The summed E-state index contributed by atoms with van der Waals surface area (Å²) < 4.78 is 7.46. The molecule has 3 aromatic rings. The summed E-state index contributed by atoms with van der Waals surface area (Å²) in [5.41, 5.74) is 1.80. The summed E-state index contributed by atoms with van der Waals surface area (Å²) in [7, 11) is 0. The summed E-state index contributed by atoms with van der Waals surface area (Å²) >= 11 is 0. The van der Waals surface area contributed by atoms with Crippen molar-refractivity contribution in [1.29, 1.82) is 0 Å². The van der Waals surface area contributed by atoms with E-state index in [9.17, 15) is 4.79 Å². The predicted molar refractivity (Wildman–Crippen MR) is 104 cm³/mol. The molecule has 2 aromatic heterocycles. The summed E-state index contributed by atoms with van der Waals surface area (Å²) in [4.78, 5) is 19.5. The van der Waals surface area contributed by atoms with Crippen LogP contribution in [0.1, 0.15) is 53.7 Å². The molecule has 28 heavy (non-hydrogen) atoms. The zero-order valence-corrected chi connectivity index (χ0v) is 15.8. The van der Waals surface area contributed by atoms with Crippen molar-refractivity contribution in [3.8, 4) is 5.69 Å². The SMILES string of the molecule is O=C(c1ccc(-n2cccc2)cc1)N1CCC[C@H](Cc2nc(C3CC3)no2)C1. The minimum atomic E-state index is 0.105. The minimum Gasteiger partial charge on any atom is -0.339 e. The second-order valence-electron chi connectivity index (χ2n) is 7.92. The van der Waals surface area contributed by atoms with Crippen LogP contribution < -0.4 is 0 Å². The van der Waals surface area contributed by atoms with Gasteiger partial charge in [0, 0.05) is 49.1 Å². The predicted octanol–water partition coefficient (Wildman–Crippen LogP) is 3.83. The summed E-state index contributed by atoms with van der Waals surface area (Å²) in [5, 5.41) is 4.11. The third-order valence-corrected chi connectivity index (χ3v) is 5.71. The number of aromatic nitrogens is 3. The minimum absolute atomic E-state index is 0.105. The lowest BCUT2D eigenvalue weighted by Crippen LogP contribution is -2.40. The Morgan fingerprint density at radius 1 is 1.11 bits per heavy atom. The van der Waals surface area contributed by atoms with Gasteiger partial charge in [0.15, 0.2) is 5.82 Å². The molecule has 1 aliphatic heterocycles. The lowest BCUT2D eigenvalue weighted by atomic mass is 9.94. The molecular formula is C22H24N4O2. The highest BCUT2D eigenvalue weighted by atomic mass is 16.5. The molecule has 6 heteroatoms. The van der Waals surface area contributed by atoms with Crippen LogP contribution in [0.2, 0.25) is 0 Å². The van der Waals surface area contributed by atoms with E-state index in [0.717, 1.165) is 55.3 Å². The van der Waals surface area contributed by atoms with Crippen molar-refractivity contribution in [1.82, 2.24) is 19.6 Å².